The lowest BCUT2D eigenvalue weighted by Crippen LogP contribution is -1.94. The maximum absolute atomic E-state index is 10.3. The second kappa shape index (κ2) is 6.13. The fraction of sp³-hybridized carbons (Fsp3) is 0.125. The monoisotopic (exact) mass is 238 g/mol. The van der Waals surface area contributed by atoms with Crippen LogP contribution >= 0.6 is 36.6 Å². The fourth-order valence-corrected chi connectivity index (χ4v) is 0.916. The third-order valence-electron chi connectivity index (χ3n) is 1.28. The van der Waals surface area contributed by atoms with E-state index >= 15 is 0 Å². The van der Waals surface area contributed by atoms with Gasteiger partial charge in [0, 0.05) is 5.02 Å². The molecule has 2 nitrogen and oxygen atoms in total. The molecule has 0 spiro atoms. The molecule has 0 fully saturated rings. The third kappa shape index (κ3) is 5.03. The lowest BCUT2D eigenvalue weighted by molar-refractivity contribution is 0.169. The van der Waals surface area contributed by atoms with Crippen molar-refractivity contribution in [3.63, 3.8) is 0 Å². The smallest absolute Gasteiger partial charge is 0.364 e. The number of hydrogen-bond acceptors (Lipinski definition) is 2. The molecular formula is C8H8Cl2O2S. The second-order valence-corrected chi connectivity index (χ2v) is 2.98. The quantitative estimate of drug-likeness (QED) is 0.632. The van der Waals surface area contributed by atoms with Gasteiger partial charge in [-0.2, -0.15) is 0 Å². The molecule has 0 N–H and O–H groups in total. The summed E-state index contributed by atoms with van der Waals surface area (Å²) in [7, 11) is 0. The number of carbonyl (C=O) groups excluding carboxylic acids is 1. The first-order chi connectivity index (χ1) is 5.68. The Morgan fingerprint density at radius 1 is 1.38 bits per heavy atom. The summed E-state index contributed by atoms with van der Waals surface area (Å²) < 4.78 is 4.65. The Morgan fingerprint density at radius 3 is 2.38 bits per heavy atom. The molecule has 0 aliphatic heterocycles. The largest absolute Gasteiger partial charge is 0.453 e. The molecule has 0 saturated heterocycles. The van der Waals surface area contributed by atoms with Crippen molar-refractivity contribution in [1.29, 1.82) is 0 Å². The van der Waals surface area contributed by atoms with Crippen molar-refractivity contribution in [2.75, 3.05) is 0 Å². The molecule has 0 bridgehead atoms. The summed E-state index contributed by atoms with van der Waals surface area (Å²) in [6.45, 7) is 0.236. The predicted molar refractivity (Wildman–Crippen MR) is 57.9 cm³/mol. The van der Waals surface area contributed by atoms with Gasteiger partial charge >= 0.3 is 5.30 Å². The van der Waals surface area contributed by atoms with Gasteiger partial charge in [-0.25, -0.2) is 4.79 Å². The summed E-state index contributed by atoms with van der Waals surface area (Å²) in [5.74, 6) is 0. The van der Waals surface area contributed by atoms with E-state index in [1.807, 2.05) is 0 Å². The summed E-state index contributed by atoms with van der Waals surface area (Å²) >= 11 is 9.11. The van der Waals surface area contributed by atoms with Gasteiger partial charge in [0.05, 0.1) is 0 Å². The first-order valence-corrected chi connectivity index (χ1v) is 4.11. The minimum absolute atomic E-state index is 0. The van der Waals surface area contributed by atoms with Gasteiger partial charge in [0.25, 0.3) is 0 Å². The SMILES string of the molecule is Cl.O=C(S)OCc1ccc(Cl)cc1. The Labute approximate surface area is 93.0 Å². The van der Waals surface area contributed by atoms with Gasteiger partial charge in [-0.15, -0.1) is 12.4 Å². The lowest BCUT2D eigenvalue weighted by atomic mass is 10.2. The van der Waals surface area contributed by atoms with Crippen LogP contribution in [0.3, 0.4) is 0 Å². The number of thiol groups is 1. The average molecular weight is 239 g/mol. The van der Waals surface area contributed by atoms with E-state index in [1.165, 1.54) is 0 Å². The van der Waals surface area contributed by atoms with Crippen LogP contribution in [-0.2, 0) is 11.3 Å². The van der Waals surface area contributed by atoms with Gasteiger partial charge in [0.15, 0.2) is 0 Å². The standard InChI is InChI=1S/C8H7ClO2S.ClH/c9-7-3-1-6(2-4-7)5-11-8(10)12;/h1-4H,5H2,(H,10,12);1H. The van der Waals surface area contributed by atoms with Crippen molar-refractivity contribution < 1.29 is 9.53 Å². The molecule has 0 amide bonds. The molecule has 0 aromatic heterocycles. The Kier molecular flexibility index (Phi) is 5.95. The molecule has 0 saturated carbocycles. The van der Waals surface area contributed by atoms with E-state index < -0.39 is 5.30 Å². The third-order valence-corrected chi connectivity index (χ3v) is 1.66. The molecule has 0 aliphatic carbocycles. The minimum Gasteiger partial charge on any atom is -0.453 e. The topological polar surface area (TPSA) is 26.3 Å². The second-order valence-electron chi connectivity index (χ2n) is 2.18. The van der Waals surface area contributed by atoms with Crippen LogP contribution in [0.25, 0.3) is 0 Å². The van der Waals surface area contributed by atoms with E-state index in [0.29, 0.717) is 5.02 Å². The van der Waals surface area contributed by atoms with E-state index in [4.69, 9.17) is 11.6 Å². The van der Waals surface area contributed by atoms with Gasteiger partial charge in [-0.3, -0.25) is 0 Å². The van der Waals surface area contributed by atoms with E-state index in [1.54, 1.807) is 24.3 Å². The summed E-state index contributed by atoms with van der Waals surface area (Å²) in [6.07, 6.45) is 0. The van der Waals surface area contributed by atoms with Crippen molar-refractivity contribution in [3.05, 3.63) is 34.9 Å². The molecule has 72 valence electrons. The van der Waals surface area contributed by atoms with E-state index in [2.05, 4.69) is 17.4 Å². The van der Waals surface area contributed by atoms with Crippen LogP contribution < -0.4 is 0 Å². The van der Waals surface area contributed by atoms with Crippen molar-refractivity contribution in [2.45, 2.75) is 6.61 Å². The van der Waals surface area contributed by atoms with E-state index in [9.17, 15) is 4.79 Å². The highest BCUT2D eigenvalue weighted by Crippen LogP contribution is 2.10. The van der Waals surface area contributed by atoms with Crippen molar-refractivity contribution in [3.8, 4) is 0 Å². The molecule has 0 heterocycles. The van der Waals surface area contributed by atoms with Gasteiger partial charge in [0.2, 0.25) is 0 Å². The summed E-state index contributed by atoms with van der Waals surface area (Å²) in [6, 6.07) is 7.06. The zero-order valence-electron chi connectivity index (χ0n) is 6.57. The molecule has 0 unspecified atom stereocenters. The summed E-state index contributed by atoms with van der Waals surface area (Å²) in [5, 5.41) is 0.0842. The average Bonchev–Trinajstić information content (AvgIpc) is 2.03. The molecule has 1 aromatic rings. The highest BCUT2D eigenvalue weighted by molar-refractivity contribution is 7.96. The Hall–Kier alpha value is -0.380. The molecule has 1 aromatic carbocycles. The van der Waals surface area contributed by atoms with Crippen molar-refractivity contribution >= 4 is 41.9 Å². The Morgan fingerprint density at radius 2 is 1.92 bits per heavy atom. The number of ether oxygens (including phenoxy) is 1. The van der Waals surface area contributed by atoms with Crippen LogP contribution in [0, 0.1) is 0 Å². The molecule has 13 heavy (non-hydrogen) atoms. The number of carbonyl (C=O) groups is 1. The molecule has 0 aliphatic rings. The van der Waals surface area contributed by atoms with E-state index in [-0.39, 0.29) is 19.0 Å². The number of benzene rings is 1. The number of halogens is 2. The molecular weight excluding hydrogens is 231 g/mol. The first kappa shape index (κ1) is 12.6. The normalized spacial score (nSPS) is 8.77. The van der Waals surface area contributed by atoms with Gasteiger partial charge in [-0.05, 0) is 17.7 Å². The predicted octanol–water partition coefficient (Wildman–Crippen LogP) is 3.33. The minimum atomic E-state index is -0.579. The molecule has 0 radical (unpaired) electrons. The highest BCUT2D eigenvalue weighted by Gasteiger charge is 1.95. The van der Waals surface area contributed by atoms with Gasteiger partial charge in [-0.1, -0.05) is 36.4 Å². The number of hydrogen-bond donors (Lipinski definition) is 1. The van der Waals surface area contributed by atoms with E-state index in [0.717, 1.165) is 5.56 Å². The fourth-order valence-electron chi connectivity index (χ4n) is 0.726. The zero-order valence-corrected chi connectivity index (χ0v) is 9.03. The summed E-state index contributed by atoms with van der Waals surface area (Å²) in [5.41, 5.74) is 0.891. The Balaban J connectivity index is 0.00000144. The maximum Gasteiger partial charge on any atom is 0.364 e. The first-order valence-electron chi connectivity index (χ1n) is 3.28. The number of rotatable bonds is 2. The van der Waals surface area contributed by atoms with Crippen LogP contribution in [0.4, 0.5) is 4.79 Å². The van der Waals surface area contributed by atoms with Crippen LogP contribution in [-0.4, -0.2) is 5.30 Å². The van der Waals surface area contributed by atoms with Crippen molar-refractivity contribution in [1.82, 2.24) is 0 Å². The van der Waals surface area contributed by atoms with Crippen molar-refractivity contribution in [2.24, 2.45) is 0 Å². The van der Waals surface area contributed by atoms with Crippen LogP contribution in [0.5, 0.6) is 0 Å². The highest BCUT2D eigenvalue weighted by atomic mass is 35.5. The van der Waals surface area contributed by atoms with Crippen LogP contribution in [0.2, 0.25) is 5.02 Å². The molecule has 5 heteroatoms. The lowest BCUT2D eigenvalue weighted by Gasteiger charge is -2.00. The van der Waals surface area contributed by atoms with Gasteiger partial charge < -0.3 is 4.74 Å². The van der Waals surface area contributed by atoms with Gasteiger partial charge in [0.1, 0.15) is 6.61 Å². The zero-order chi connectivity index (χ0) is 8.97. The summed E-state index contributed by atoms with van der Waals surface area (Å²) in [4.78, 5) is 10.3. The molecule has 1 rings (SSSR count). The van der Waals surface area contributed by atoms with Crippen LogP contribution in [0.15, 0.2) is 24.3 Å². The van der Waals surface area contributed by atoms with Crippen LogP contribution in [0.1, 0.15) is 5.56 Å². The Bertz CT molecular complexity index is 274. The molecule has 0 atom stereocenters. The maximum atomic E-state index is 10.3.